The summed E-state index contributed by atoms with van der Waals surface area (Å²) in [6.07, 6.45) is 2.72. The topological polar surface area (TPSA) is 68.5 Å². The minimum atomic E-state index is 0.339. The molecule has 0 radical (unpaired) electrons. The first-order valence-electron chi connectivity index (χ1n) is 3.67. The van der Waals surface area contributed by atoms with Gasteiger partial charge in [0, 0.05) is 7.05 Å². The zero-order valence-corrected chi connectivity index (χ0v) is 6.93. The standard InChI is InChI=1S/C8H6N4O/c1-11-7-2-6(3-9)5-12(13)8(7)4-10-11/h2,4-5H,1H3. The summed E-state index contributed by atoms with van der Waals surface area (Å²) in [5.41, 5.74) is 1.47. The van der Waals surface area contributed by atoms with Crippen molar-refractivity contribution in [1.29, 1.82) is 5.26 Å². The third kappa shape index (κ3) is 0.999. The Morgan fingerprint density at radius 1 is 1.69 bits per heavy atom. The number of hydrogen-bond acceptors (Lipinski definition) is 3. The molecule has 2 aromatic rings. The number of nitriles is 1. The number of pyridine rings is 1. The lowest BCUT2D eigenvalue weighted by Gasteiger charge is -1.97. The molecule has 0 unspecified atom stereocenters. The molecule has 0 N–H and O–H groups in total. The second kappa shape index (κ2) is 2.45. The molecule has 0 aromatic carbocycles. The van der Waals surface area contributed by atoms with Crippen LogP contribution >= 0.6 is 0 Å². The molecule has 0 bridgehead atoms. The SMILES string of the molecule is Cn1ncc2c1cc(C#N)c[n+]2[O-]. The van der Waals surface area contributed by atoms with E-state index in [1.807, 2.05) is 6.07 Å². The minimum Gasteiger partial charge on any atom is -0.618 e. The highest BCUT2D eigenvalue weighted by molar-refractivity contribution is 5.71. The molecule has 0 saturated heterocycles. The number of rotatable bonds is 0. The summed E-state index contributed by atoms with van der Waals surface area (Å²) in [7, 11) is 1.73. The number of hydrogen-bond donors (Lipinski definition) is 0. The smallest absolute Gasteiger partial charge is 0.262 e. The molecule has 0 aliphatic carbocycles. The van der Waals surface area contributed by atoms with Crippen molar-refractivity contribution in [2.45, 2.75) is 0 Å². The van der Waals surface area contributed by atoms with E-state index < -0.39 is 0 Å². The molecule has 5 heteroatoms. The van der Waals surface area contributed by atoms with Gasteiger partial charge in [-0.05, 0) is 6.07 Å². The first-order chi connectivity index (χ1) is 6.22. The van der Waals surface area contributed by atoms with Gasteiger partial charge in [0.25, 0.3) is 5.52 Å². The lowest BCUT2D eigenvalue weighted by atomic mass is 10.3. The van der Waals surface area contributed by atoms with Crippen molar-refractivity contribution in [1.82, 2.24) is 9.78 Å². The number of aryl methyl sites for hydroxylation is 1. The van der Waals surface area contributed by atoms with Crippen molar-refractivity contribution in [2.24, 2.45) is 7.05 Å². The molecular weight excluding hydrogens is 168 g/mol. The molecule has 0 fully saturated rings. The Bertz CT molecular complexity index is 509. The van der Waals surface area contributed by atoms with Crippen LogP contribution in [0.2, 0.25) is 0 Å². The van der Waals surface area contributed by atoms with Gasteiger partial charge in [0.2, 0.25) is 0 Å². The van der Waals surface area contributed by atoms with Crippen LogP contribution in [-0.2, 0) is 7.05 Å². The van der Waals surface area contributed by atoms with Gasteiger partial charge in [-0.3, -0.25) is 4.68 Å². The van der Waals surface area contributed by atoms with E-state index >= 15 is 0 Å². The maximum atomic E-state index is 11.3. The third-order valence-electron chi connectivity index (χ3n) is 1.88. The van der Waals surface area contributed by atoms with Crippen LogP contribution in [0.1, 0.15) is 5.56 Å². The van der Waals surface area contributed by atoms with Crippen LogP contribution in [0, 0.1) is 16.5 Å². The van der Waals surface area contributed by atoms with Gasteiger partial charge in [-0.1, -0.05) is 0 Å². The van der Waals surface area contributed by atoms with E-state index in [0.29, 0.717) is 21.3 Å². The van der Waals surface area contributed by atoms with Crippen LogP contribution in [0.15, 0.2) is 18.5 Å². The number of aromatic nitrogens is 3. The van der Waals surface area contributed by atoms with Gasteiger partial charge in [0.1, 0.15) is 23.3 Å². The molecule has 2 aromatic heterocycles. The maximum absolute atomic E-state index is 11.3. The van der Waals surface area contributed by atoms with E-state index in [-0.39, 0.29) is 0 Å². The van der Waals surface area contributed by atoms with Gasteiger partial charge in [-0.2, -0.15) is 15.1 Å². The molecule has 13 heavy (non-hydrogen) atoms. The normalized spacial score (nSPS) is 10.2. The number of fused-ring (bicyclic) bond motifs is 1. The molecule has 0 spiro atoms. The van der Waals surface area contributed by atoms with E-state index in [4.69, 9.17) is 5.26 Å². The molecule has 0 aliphatic rings. The Labute approximate surface area is 74.0 Å². The predicted octanol–water partition coefficient (Wildman–Crippen LogP) is 0.0784. The van der Waals surface area contributed by atoms with Gasteiger partial charge in [0.15, 0.2) is 6.20 Å². The quantitative estimate of drug-likeness (QED) is 0.419. The summed E-state index contributed by atoms with van der Waals surface area (Å²) < 4.78 is 2.21. The summed E-state index contributed by atoms with van der Waals surface area (Å²) in [6.45, 7) is 0. The zero-order chi connectivity index (χ0) is 9.42. The fraction of sp³-hybridized carbons (Fsp3) is 0.125. The lowest BCUT2D eigenvalue weighted by molar-refractivity contribution is -0.577. The van der Waals surface area contributed by atoms with Crippen LogP contribution in [0.3, 0.4) is 0 Å². The van der Waals surface area contributed by atoms with E-state index in [1.54, 1.807) is 17.8 Å². The van der Waals surface area contributed by atoms with Crippen LogP contribution in [0.25, 0.3) is 11.0 Å². The maximum Gasteiger partial charge on any atom is 0.262 e. The summed E-state index contributed by atoms with van der Waals surface area (Å²) in [4.78, 5) is 0. The van der Waals surface area contributed by atoms with Crippen molar-refractivity contribution >= 4 is 11.0 Å². The molecular formula is C8H6N4O. The highest BCUT2D eigenvalue weighted by Crippen LogP contribution is 2.08. The predicted molar refractivity (Wildman–Crippen MR) is 44.4 cm³/mol. The fourth-order valence-electron chi connectivity index (χ4n) is 1.21. The van der Waals surface area contributed by atoms with Crippen molar-refractivity contribution in [3.63, 3.8) is 0 Å². The first kappa shape index (κ1) is 7.55. The van der Waals surface area contributed by atoms with Gasteiger partial charge >= 0.3 is 0 Å². The van der Waals surface area contributed by atoms with E-state index in [9.17, 15) is 5.21 Å². The summed E-state index contributed by atoms with van der Waals surface area (Å²) in [5, 5.41) is 23.8. The highest BCUT2D eigenvalue weighted by atomic mass is 16.5. The van der Waals surface area contributed by atoms with Crippen LogP contribution in [0.5, 0.6) is 0 Å². The molecule has 64 valence electrons. The molecule has 2 heterocycles. The Balaban J connectivity index is 2.90. The zero-order valence-electron chi connectivity index (χ0n) is 6.93. The van der Waals surface area contributed by atoms with Crippen LogP contribution < -0.4 is 4.73 Å². The molecule has 2 rings (SSSR count). The Morgan fingerprint density at radius 3 is 3.15 bits per heavy atom. The Kier molecular flexibility index (Phi) is 1.43. The second-order valence-electron chi connectivity index (χ2n) is 2.71. The lowest BCUT2D eigenvalue weighted by Crippen LogP contribution is -2.26. The van der Waals surface area contributed by atoms with Gasteiger partial charge in [-0.25, -0.2) is 0 Å². The van der Waals surface area contributed by atoms with Gasteiger partial charge in [0.05, 0.1) is 0 Å². The third-order valence-corrected chi connectivity index (χ3v) is 1.88. The monoisotopic (exact) mass is 174 g/mol. The average molecular weight is 174 g/mol. The fourth-order valence-corrected chi connectivity index (χ4v) is 1.21. The first-order valence-corrected chi connectivity index (χ1v) is 3.67. The minimum absolute atomic E-state index is 0.339. The van der Waals surface area contributed by atoms with E-state index in [1.165, 1.54) is 12.4 Å². The Hall–Kier alpha value is -2.09. The van der Waals surface area contributed by atoms with Crippen molar-refractivity contribution in [3.05, 3.63) is 29.2 Å². The molecule has 0 saturated carbocycles. The van der Waals surface area contributed by atoms with Gasteiger partial charge < -0.3 is 5.21 Å². The van der Waals surface area contributed by atoms with Crippen molar-refractivity contribution in [2.75, 3.05) is 0 Å². The van der Waals surface area contributed by atoms with E-state index in [0.717, 1.165) is 0 Å². The summed E-state index contributed by atoms with van der Waals surface area (Å²) in [6, 6.07) is 3.55. The van der Waals surface area contributed by atoms with E-state index in [2.05, 4.69) is 5.10 Å². The molecule has 0 aliphatic heterocycles. The van der Waals surface area contributed by atoms with Crippen LogP contribution in [0.4, 0.5) is 0 Å². The summed E-state index contributed by atoms with van der Waals surface area (Å²) in [5.74, 6) is 0. The van der Waals surface area contributed by atoms with Crippen molar-refractivity contribution < 1.29 is 4.73 Å². The van der Waals surface area contributed by atoms with Crippen LogP contribution in [-0.4, -0.2) is 9.78 Å². The molecule has 0 amide bonds. The highest BCUT2D eigenvalue weighted by Gasteiger charge is 2.10. The summed E-state index contributed by atoms with van der Waals surface area (Å²) >= 11 is 0. The average Bonchev–Trinajstić information content (AvgIpc) is 2.48. The largest absolute Gasteiger partial charge is 0.618 e. The molecule has 5 nitrogen and oxygen atoms in total. The Morgan fingerprint density at radius 2 is 2.46 bits per heavy atom. The molecule has 0 atom stereocenters. The van der Waals surface area contributed by atoms with Crippen molar-refractivity contribution in [3.8, 4) is 6.07 Å². The number of nitrogens with zero attached hydrogens (tertiary/aromatic N) is 4. The van der Waals surface area contributed by atoms with Gasteiger partial charge in [-0.15, -0.1) is 0 Å². The second-order valence-corrected chi connectivity index (χ2v) is 2.71.